The van der Waals surface area contributed by atoms with Crippen molar-refractivity contribution in [1.29, 1.82) is 0 Å². The van der Waals surface area contributed by atoms with Gasteiger partial charge >= 0.3 is 5.97 Å². The van der Waals surface area contributed by atoms with E-state index in [2.05, 4.69) is 0 Å². The van der Waals surface area contributed by atoms with Gasteiger partial charge in [-0.15, -0.1) is 0 Å². The monoisotopic (exact) mass is 270 g/mol. The van der Waals surface area contributed by atoms with Gasteiger partial charge in [-0.05, 0) is 41.2 Å². The molecular weight excluding hydrogens is 252 g/mol. The minimum atomic E-state index is -0.787. The van der Waals surface area contributed by atoms with Crippen molar-refractivity contribution in [3.05, 3.63) is 59.2 Å². The zero-order valence-electron chi connectivity index (χ0n) is 11.5. The lowest BCUT2D eigenvalue weighted by molar-refractivity contribution is -0.136. The largest absolute Gasteiger partial charge is 0.481 e. The van der Waals surface area contributed by atoms with Gasteiger partial charge in [0.1, 0.15) is 0 Å². The molecule has 0 heterocycles. The van der Waals surface area contributed by atoms with E-state index in [-0.39, 0.29) is 13.0 Å². The summed E-state index contributed by atoms with van der Waals surface area (Å²) >= 11 is 0. The molecule has 2 N–H and O–H groups in total. The van der Waals surface area contributed by atoms with Crippen LogP contribution < -0.4 is 0 Å². The molecule has 0 fully saturated rings. The number of rotatable bonds is 5. The van der Waals surface area contributed by atoms with Gasteiger partial charge in [-0.1, -0.05) is 42.5 Å². The molecule has 20 heavy (non-hydrogen) atoms. The molecule has 0 aliphatic carbocycles. The Hall–Kier alpha value is -2.13. The Kier molecular flexibility index (Phi) is 4.53. The van der Waals surface area contributed by atoms with Crippen LogP contribution in [0.15, 0.2) is 42.5 Å². The number of aliphatic hydroxyl groups is 1. The van der Waals surface area contributed by atoms with Crippen LogP contribution in [-0.4, -0.2) is 16.2 Å². The molecule has 0 saturated heterocycles. The number of aliphatic hydroxyl groups excluding tert-OH is 1. The number of aryl methyl sites for hydroxylation is 1. The van der Waals surface area contributed by atoms with Crippen LogP contribution in [0.5, 0.6) is 0 Å². The van der Waals surface area contributed by atoms with Gasteiger partial charge in [0.15, 0.2) is 0 Å². The van der Waals surface area contributed by atoms with Crippen LogP contribution in [0, 0.1) is 6.92 Å². The average molecular weight is 270 g/mol. The highest BCUT2D eigenvalue weighted by atomic mass is 16.4. The molecule has 0 aliphatic rings. The van der Waals surface area contributed by atoms with Crippen LogP contribution in [0.3, 0.4) is 0 Å². The van der Waals surface area contributed by atoms with E-state index in [1.165, 1.54) is 0 Å². The number of aliphatic carboxylic acids is 1. The van der Waals surface area contributed by atoms with E-state index < -0.39 is 5.97 Å². The molecule has 0 unspecified atom stereocenters. The standard InChI is InChI=1S/C17H18O3/c1-12-13(9-10-17(19)20)6-4-8-15(12)16-7-3-2-5-14(16)11-18/h2-8,18H,9-11H2,1H3,(H,19,20). The summed E-state index contributed by atoms with van der Waals surface area (Å²) < 4.78 is 0. The molecule has 2 aromatic carbocycles. The minimum absolute atomic E-state index is 0.00499. The molecule has 0 saturated carbocycles. The van der Waals surface area contributed by atoms with Crippen LogP contribution >= 0.6 is 0 Å². The van der Waals surface area contributed by atoms with Gasteiger partial charge in [0, 0.05) is 6.42 Å². The van der Waals surface area contributed by atoms with E-state index >= 15 is 0 Å². The van der Waals surface area contributed by atoms with Crippen LogP contribution in [0.25, 0.3) is 11.1 Å². The Morgan fingerprint density at radius 3 is 2.35 bits per heavy atom. The molecule has 2 rings (SSSR count). The van der Waals surface area contributed by atoms with Crippen molar-refractivity contribution in [3.63, 3.8) is 0 Å². The molecule has 0 atom stereocenters. The van der Waals surface area contributed by atoms with E-state index in [9.17, 15) is 9.90 Å². The summed E-state index contributed by atoms with van der Waals surface area (Å²) in [5, 5.41) is 18.2. The Morgan fingerprint density at radius 2 is 1.65 bits per heavy atom. The Balaban J connectivity index is 2.42. The summed E-state index contributed by atoms with van der Waals surface area (Å²) in [5.41, 5.74) is 5.06. The van der Waals surface area contributed by atoms with E-state index in [0.29, 0.717) is 6.42 Å². The number of carboxylic acid groups (broad SMARTS) is 1. The fraction of sp³-hybridized carbons (Fsp3) is 0.235. The molecule has 0 aromatic heterocycles. The number of benzene rings is 2. The fourth-order valence-electron chi connectivity index (χ4n) is 2.41. The maximum absolute atomic E-state index is 10.7. The molecule has 0 spiro atoms. The normalized spacial score (nSPS) is 10.5. The van der Waals surface area contributed by atoms with Crippen molar-refractivity contribution in [2.75, 3.05) is 0 Å². The summed E-state index contributed by atoms with van der Waals surface area (Å²) in [4.78, 5) is 10.7. The molecule has 0 aliphatic heterocycles. The average Bonchev–Trinajstić information content (AvgIpc) is 2.46. The third-order valence-corrected chi connectivity index (χ3v) is 3.53. The van der Waals surface area contributed by atoms with Crippen molar-refractivity contribution in [3.8, 4) is 11.1 Å². The van der Waals surface area contributed by atoms with Crippen molar-refractivity contribution in [2.24, 2.45) is 0 Å². The number of hydrogen-bond acceptors (Lipinski definition) is 2. The summed E-state index contributed by atoms with van der Waals surface area (Å²) in [7, 11) is 0. The summed E-state index contributed by atoms with van der Waals surface area (Å²) in [6.45, 7) is 2.00. The third kappa shape index (κ3) is 3.06. The highest BCUT2D eigenvalue weighted by Gasteiger charge is 2.10. The van der Waals surface area contributed by atoms with Crippen molar-refractivity contribution in [1.82, 2.24) is 0 Å². The molecule has 104 valence electrons. The smallest absolute Gasteiger partial charge is 0.303 e. The van der Waals surface area contributed by atoms with Gasteiger partial charge in [-0.25, -0.2) is 0 Å². The zero-order valence-corrected chi connectivity index (χ0v) is 11.5. The predicted molar refractivity (Wildman–Crippen MR) is 78.5 cm³/mol. The number of carbonyl (C=O) groups is 1. The van der Waals surface area contributed by atoms with Crippen molar-refractivity contribution >= 4 is 5.97 Å². The van der Waals surface area contributed by atoms with E-state index in [1.54, 1.807) is 0 Å². The van der Waals surface area contributed by atoms with E-state index in [1.807, 2.05) is 49.4 Å². The second-order valence-corrected chi connectivity index (χ2v) is 4.80. The second-order valence-electron chi connectivity index (χ2n) is 4.80. The third-order valence-electron chi connectivity index (χ3n) is 3.53. The Bertz CT molecular complexity index is 617. The lowest BCUT2D eigenvalue weighted by atomic mass is 9.92. The van der Waals surface area contributed by atoms with Gasteiger partial charge in [0.05, 0.1) is 6.61 Å². The van der Waals surface area contributed by atoms with Crippen molar-refractivity contribution < 1.29 is 15.0 Å². The SMILES string of the molecule is Cc1c(CCC(=O)O)cccc1-c1ccccc1CO. The molecule has 0 amide bonds. The topological polar surface area (TPSA) is 57.5 Å². The molecule has 3 heteroatoms. The van der Waals surface area contributed by atoms with Gasteiger partial charge in [-0.2, -0.15) is 0 Å². The van der Waals surface area contributed by atoms with Gasteiger partial charge < -0.3 is 10.2 Å². The quantitative estimate of drug-likeness (QED) is 0.877. The first kappa shape index (κ1) is 14.3. The fourth-order valence-corrected chi connectivity index (χ4v) is 2.41. The van der Waals surface area contributed by atoms with Crippen LogP contribution in [0.1, 0.15) is 23.1 Å². The summed E-state index contributed by atoms with van der Waals surface area (Å²) in [5.74, 6) is -0.787. The lowest BCUT2D eigenvalue weighted by Crippen LogP contribution is -2.00. The molecule has 0 radical (unpaired) electrons. The first-order valence-corrected chi connectivity index (χ1v) is 6.63. The highest BCUT2D eigenvalue weighted by Crippen LogP contribution is 2.29. The predicted octanol–water partition coefficient (Wildman–Crippen LogP) is 3.17. The maximum Gasteiger partial charge on any atom is 0.303 e. The Morgan fingerprint density at radius 1 is 1.00 bits per heavy atom. The van der Waals surface area contributed by atoms with Crippen LogP contribution in [0.4, 0.5) is 0 Å². The molecule has 2 aromatic rings. The van der Waals surface area contributed by atoms with Gasteiger partial charge in [0.25, 0.3) is 0 Å². The Labute approximate surface area is 118 Å². The molecule has 0 bridgehead atoms. The lowest BCUT2D eigenvalue weighted by Gasteiger charge is -2.13. The minimum Gasteiger partial charge on any atom is -0.481 e. The molecular formula is C17H18O3. The number of hydrogen-bond donors (Lipinski definition) is 2. The second kappa shape index (κ2) is 6.35. The molecule has 3 nitrogen and oxygen atoms in total. The van der Waals surface area contributed by atoms with E-state index in [0.717, 1.165) is 27.8 Å². The van der Waals surface area contributed by atoms with E-state index in [4.69, 9.17) is 5.11 Å². The van der Waals surface area contributed by atoms with Crippen LogP contribution in [0.2, 0.25) is 0 Å². The van der Waals surface area contributed by atoms with Crippen molar-refractivity contribution in [2.45, 2.75) is 26.4 Å². The zero-order chi connectivity index (χ0) is 14.5. The first-order valence-electron chi connectivity index (χ1n) is 6.63. The van der Waals surface area contributed by atoms with Gasteiger partial charge in [-0.3, -0.25) is 4.79 Å². The van der Waals surface area contributed by atoms with Gasteiger partial charge in [0.2, 0.25) is 0 Å². The highest BCUT2D eigenvalue weighted by molar-refractivity contribution is 5.72. The number of carboxylic acids is 1. The van der Waals surface area contributed by atoms with Crippen LogP contribution in [-0.2, 0) is 17.8 Å². The maximum atomic E-state index is 10.7. The summed E-state index contributed by atoms with van der Waals surface area (Å²) in [6, 6.07) is 13.6. The first-order chi connectivity index (χ1) is 9.63. The summed E-state index contributed by atoms with van der Waals surface area (Å²) in [6.07, 6.45) is 0.655.